The number of rotatable bonds is 5. The van der Waals surface area contributed by atoms with E-state index in [1.54, 1.807) is 19.9 Å². The molecule has 0 aromatic carbocycles. The van der Waals surface area contributed by atoms with Gasteiger partial charge in [-0.1, -0.05) is 25.8 Å². The van der Waals surface area contributed by atoms with Gasteiger partial charge in [0.1, 0.15) is 0 Å². The molecule has 0 aliphatic rings. The molecule has 0 saturated carbocycles. The minimum Gasteiger partial charge on any atom is -0.478 e. The number of aliphatic hydroxyl groups excluding tert-OH is 1. The Morgan fingerprint density at radius 2 is 1.87 bits per heavy atom. The number of allylic oxidation sites excluding steroid dienone is 1. The molecule has 15 heavy (non-hydrogen) atoms. The van der Waals surface area contributed by atoms with Gasteiger partial charge < -0.3 is 15.3 Å². The van der Waals surface area contributed by atoms with Gasteiger partial charge in [0.2, 0.25) is 0 Å². The van der Waals surface area contributed by atoms with Gasteiger partial charge in [0.25, 0.3) is 0 Å². The Morgan fingerprint density at radius 1 is 1.33 bits per heavy atom. The molecule has 4 nitrogen and oxygen atoms in total. The zero-order valence-corrected chi connectivity index (χ0v) is 9.73. The van der Waals surface area contributed by atoms with Crippen molar-refractivity contribution in [2.24, 2.45) is 0 Å². The average molecular weight is 218 g/mol. The zero-order chi connectivity index (χ0) is 12.3. The molecule has 0 amide bonds. The van der Waals surface area contributed by atoms with E-state index in [2.05, 4.69) is 6.92 Å². The number of carbonyl (C=O) groups is 1. The van der Waals surface area contributed by atoms with Crippen LogP contribution in [0.15, 0.2) is 11.6 Å². The van der Waals surface area contributed by atoms with E-state index in [1.165, 1.54) is 0 Å². The zero-order valence-electron chi connectivity index (χ0n) is 9.73. The van der Waals surface area contributed by atoms with Gasteiger partial charge in [-0.15, -0.1) is 0 Å². The quantitative estimate of drug-likeness (QED) is 0.374. The first-order valence-electron chi connectivity index (χ1n) is 5.18. The van der Waals surface area contributed by atoms with Gasteiger partial charge in [-0.05, 0) is 26.7 Å². The van der Waals surface area contributed by atoms with E-state index < -0.39 is 12.3 Å². The molecule has 0 rings (SSSR count). The predicted octanol–water partition coefficient (Wildman–Crippen LogP) is 1.91. The first-order chi connectivity index (χ1) is 6.95. The molecular formula is C11H22O4. The third-order valence-corrected chi connectivity index (χ3v) is 1.84. The van der Waals surface area contributed by atoms with Gasteiger partial charge in [0.05, 0.1) is 0 Å². The van der Waals surface area contributed by atoms with Crippen molar-refractivity contribution in [2.45, 2.75) is 52.7 Å². The lowest BCUT2D eigenvalue weighted by Crippen LogP contribution is -2.02. The Balaban J connectivity index is 0. The second kappa shape index (κ2) is 11.2. The lowest BCUT2D eigenvalue weighted by molar-refractivity contribution is -0.132. The summed E-state index contributed by atoms with van der Waals surface area (Å²) in [5, 5.41) is 24.8. The van der Waals surface area contributed by atoms with Gasteiger partial charge in [-0.3, -0.25) is 0 Å². The predicted molar refractivity (Wildman–Crippen MR) is 59.4 cm³/mol. The third-order valence-electron chi connectivity index (χ3n) is 1.84. The molecule has 0 aromatic rings. The number of hydrogen-bond acceptors (Lipinski definition) is 3. The van der Waals surface area contributed by atoms with E-state index in [4.69, 9.17) is 15.3 Å². The van der Waals surface area contributed by atoms with Crippen molar-refractivity contribution in [2.75, 3.05) is 0 Å². The Bertz CT molecular complexity index is 185. The normalized spacial score (nSPS) is 10.9. The molecule has 0 radical (unpaired) electrons. The molecule has 0 saturated heterocycles. The van der Waals surface area contributed by atoms with Crippen molar-refractivity contribution in [3.05, 3.63) is 11.6 Å². The Labute approximate surface area is 91.2 Å². The van der Waals surface area contributed by atoms with Crippen LogP contribution in [0.4, 0.5) is 0 Å². The maximum absolute atomic E-state index is 9.86. The number of carboxylic acids is 1. The number of aliphatic carboxylic acids is 1. The van der Waals surface area contributed by atoms with Crippen molar-refractivity contribution in [1.29, 1.82) is 0 Å². The number of hydrogen-bond donors (Lipinski definition) is 3. The standard InChI is InChI=1S/C6H14O2.C5H8O2/c1-2-3-4-5-6(7)8;1-3-4(2)5(6)7/h6-8H,2-5H2,1H3;3H,1-2H3,(H,6,7). The van der Waals surface area contributed by atoms with Crippen molar-refractivity contribution in [1.82, 2.24) is 0 Å². The molecular weight excluding hydrogens is 196 g/mol. The minimum absolute atomic E-state index is 0.389. The van der Waals surface area contributed by atoms with Gasteiger partial charge >= 0.3 is 5.97 Å². The average Bonchev–Trinajstić information content (AvgIpc) is 2.17. The van der Waals surface area contributed by atoms with Crippen LogP contribution in [0.25, 0.3) is 0 Å². The SMILES string of the molecule is CC=C(C)C(=O)O.CCCCCC(O)O. The van der Waals surface area contributed by atoms with E-state index in [9.17, 15) is 4.79 Å². The molecule has 0 spiro atoms. The highest BCUT2D eigenvalue weighted by Gasteiger charge is 1.94. The van der Waals surface area contributed by atoms with Crippen molar-refractivity contribution in [3.8, 4) is 0 Å². The smallest absolute Gasteiger partial charge is 0.330 e. The van der Waals surface area contributed by atoms with Crippen molar-refractivity contribution >= 4 is 5.97 Å². The summed E-state index contributed by atoms with van der Waals surface area (Å²) >= 11 is 0. The molecule has 0 unspecified atom stereocenters. The molecule has 0 heterocycles. The first-order valence-corrected chi connectivity index (χ1v) is 5.18. The number of carboxylic acid groups (broad SMARTS) is 1. The highest BCUT2D eigenvalue weighted by Crippen LogP contribution is 1.99. The summed E-state index contributed by atoms with van der Waals surface area (Å²) in [5.41, 5.74) is 0.389. The summed E-state index contributed by atoms with van der Waals surface area (Å²) in [5.74, 6) is -0.845. The van der Waals surface area contributed by atoms with Crippen molar-refractivity contribution in [3.63, 3.8) is 0 Å². The topological polar surface area (TPSA) is 77.8 Å². The van der Waals surface area contributed by atoms with E-state index in [-0.39, 0.29) is 0 Å². The third kappa shape index (κ3) is 15.9. The van der Waals surface area contributed by atoms with Crippen LogP contribution in [0.3, 0.4) is 0 Å². The minimum atomic E-state index is -1.10. The van der Waals surface area contributed by atoms with Crippen LogP contribution in [0.2, 0.25) is 0 Å². The molecule has 4 heteroatoms. The van der Waals surface area contributed by atoms with Crippen LogP contribution >= 0.6 is 0 Å². The van der Waals surface area contributed by atoms with E-state index in [0.717, 1.165) is 19.3 Å². The molecule has 0 aliphatic carbocycles. The van der Waals surface area contributed by atoms with Gasteiger partial charge in [0, 0.05) is 5.57 Å². The molecule has 0 atom stereocenters. The Kier molecular flexibility index (Phi) is 12.4. The summed E-state index contributed by atoms with van der Waals surface area (Å²) in [4.78, 5) is 9.86. The van der Waals surface area contributed by atoms with Crippen LogP contribution < -0.4 is 0 Å². The van der Waals surface area contributed by atoms with Gasteiger partial charge in [0.15, 0.2) is 6.29 Å². The maximum Gasteiger partial charge on any atom is 0.330 e. The summed E-state index contributed by atoms with van der Waals surface area (Å²) in [6.45, 7) is 5.34. The summed E-state index contributed by atoms with van der Waals surface area (Å²) in [6, 6.07) is 0. The highest BCUT2D eigenvalue weighted by atomic mass is 16.5. The summed E-state index contributed by atoms with van der Waals surface area (Å²) < 4.78 is 0. The second-order valence-corrected chi connectivity index (χ2v) is 3.25. The van der Waals surface area contributed by atoms with Crippen LogP contribution in [-0.2, 0) is 4.79 Å². The largest absolute Gasteiger partial charge is 0.478 e. The summed E-state index contributed by atoms with van der Waals surface area (Å²) in [6.07, 6.45) is 4.14. The van der Waals surface area contributed by atoms with Gasteiger partial charge in [-0.2, -0.15) is 0 Å². The maximum atomic E-state index is 9.86. The molecule has 0 aromatic heterocycles. The fourth-order valence-electron chi connectivity index (χ4n) is 0.700. The number of aliphatic hydroxyl groups is 2. The van der Waals surface area contributed by atoms with Crippen LogP contribution in [0, 0.1) is 0 Å². The molecule has 0 bridgehead atoms. The lowest BCUT2D eigenvalue weighted by atomic mass is 10.2. The van der Waals surface area contributed by atoms with E-state index in [1.807, 2.05) is 0 Å². The first kappa shape index (κ1) is 16.6. The van der Waals surface area contributed by atoms with E-state index in [0.29, 0.717) is 12.0 Å². The van der Waals surface area contributed by atoms with E-state index >= 15 is 0 Å². The fourth-order valence-corrected chi connectivity index (χ4v) is 0.700. The second-order valence-electron chi connectivity index (χ2n) is 3.25. The van der Waals surface area contributed by atoms with Crippen molar-refractivity contribution < 1.29 is 20.1 Å². The fraction of sp³-hybridized carbons (Fsp3) is 0.727. The van der Waals surface area contributed by atoms with Crippen LogP contribution in [-0.4, -0.2) is 27.6 Å². The van der Waals surface area contributed by atoms with Gasteiger partial charge in [-0.25, -0.2) is 4.79 Å². The lowest BCUT2D eigenvalue weighted by Gasteiger charge is -1.99. The Morgan fingerprint density at radius 3 is 2.07 bits per heavy atom. The monoisotopic (exact) mass is 218 g/mol. The van der Waals surface area contributed by atoms with Crippen LogP contribution in [0.1, 0.15) is 46.5 Å². The number of unbranched alkanes of at least 4 members (excludes halogenated alkanes) is 2. The molecule has 3 N–H and O–H groups in total. The summed E-state index contributed by atoms with van der Waals surface area (Å²) in [7, 11) is 0. The molecule has 90 valence electrons. The highest BCUT2D eigenvalue weighted by molar-refractivity contribution is 5.85. The molecule has 0 aliphatic heterocycles. The molecule has 0 fully saturated rings. The Hall–Kier alpha value is -0.870. The van der Waals surface area contributed by atoms with Crippen LogP contribution in [0.5, 0.6) is 0 Å².